The van der Waals surface area contributed by atoms with E-state index in [2.05, 4.69) is 5.32 Å². The van der Waals surface area contributed by atoms with Crippen LogP contribution < -0.4 is 11.1 Å². The summed E-state index contributed by atoms with van der Waals surface area (Å²) in [5.74, 6) is -1.49. The summed E-state index contributed by atoms with van der Waals surface area (Å²) in [4.78, 5) is 0. The van der Waals surface area contributed by atoms with E-state index < -0.39 is 29.1 Å². The molecule has 2 nitrogen and oxygen atoms in total. The minimum Gasteiger partial charge on any atom is -0.398 e. The van der Waals surface area contributed by atoms with E-state index in [1.54, 1.807) is 0 Å². The van der Waals surface area contributed by atoms with E-state index in [1.807, 2.05) is 0 Å². The molecule has 0 saturated heterocycles. The summed E-state index contributed by atoms with van der Waals surface area (Å²) in [6.07, 6.45) is -4.62. The first kappa shape index (κ1) is 14.1. The van der Waals surface area contributed by atoms with Gasteiger partial charge < -0.3 is 11.1 Å². The molecule has 0 aliphatic rings. The Balaban J connectivity index is 2.37. The quantitative estimate of drug-likeness (QED) is 0.638. The van der Waals surface area contributed by atoms with Crippen LogP contribution in [0.1, 0.15) is 5.56 Å². The Morgan fingerprint density at radius 3 is 2.30 bits per heavy atom. The first-order chi connectivity index (χ1) is 9.27. The highest BCUT2D eigenvalue weighted by Crippen LogP contribution is 2.35. The summed E-state index contributed by atoms with van der Waals surface area (Å²) in [7, 11) is 0. The van der Waals surface area contributed by atoms with Gasteiger partial charge >= 0.3 is 6.18 Å². The summed E-state index contributed by atoms with van der Waals surface area (Å²) in [5.41, 5.74) is 3.45. The van der Waals surface area contributed by atoms with Crippen molar-refractivity contribution in [2.75, 3.05) is 11.1 Å². The van der Waals surface area contributed by atoms with E-state index >= 15 is 0 Å². The number of hydrogen-bond acceptors (Lipinski definition) is 2. The lowest BCUT2D eigenvalue weighted by Crippen LogP contribution is -2.09. The molecule has 0 amide bonds. The molecule has 2 rings (SSSR count). The van der Waals surface area contributed by atoms with Crippen molar-refractivity contribution in [1.29, 1.82) is 0 Å². The Morgan fingerprint density at radius 2 is 1.65 bits per heavy atom. The second-order valence-corrected chi connectivity index (χ2v) is 4.05. The summed E-state index contributed by atoms with van der Waals surface area (Å²) in [6.45, 7) is 0. The normalized spacial score (nSPS) is 11.4. The van der Waals surface area contributed by atoms with Crippen LogP contribution in [0.2, 0.25) is 0 Å². The Morgan fingerprint density at radius 1 is 0.950 bits per heavy atom. The Labute approximate surface area is 111 Å². The first-order valence-electron chi connectivity index (χ1n) is 5.46. The summed E-state index contributed by atoms with van der Waals surface area (Å²) < 4.78 is 64.4. The maximum absolute atomic E-state index is 13.4. The van der Waals surface area contributed by atoms with E-state index in [-0.39, 0.29) is 11.4 Å². The molecule has 2 aromatic carbocycles. The number of anilines is 3. The fourth-order valence-electron chi connectivity index (χ4n) is 1.63. The minimum absolute atomic E-state index is 0.0453. The van der Waals surface area contributed by atoms with Crippen LogP contribution in [0.4, 0.5) is 39.0 Å². The SMILES string of the molecule is Nc1ccc(Nc2cc(F)ccc2F)cc1C(F)(F)F. The molecule has 0 unspecified atom stereocenters. The molecule has 0 atom stereocenters. The number of halogens is 5. The standard InChI is InChI=1S/C13H9F5N2/c14-7-1-3-10(15)12(5-7)20-8-2-4-11(19)9(6-8)13(16,17)18/h1-6,20H,19H2. The molecule has 0 fully saturated rings. The van der Waals surface area contributed by atoms with Crippen LogP contribution in [-0.4, -0.2) is 0 Å². The van der Waals surface area contributed by atoms with Crippen molar-refractivity contribution in [3.63, 3.8) is 0 Å². The smallest absolute Gasteiger partial charge is 0.398 e. The van der Waals surface area contributed by atoms with Gasteiger partial charge in [0.1, 0.15) is 11.6 Å². The van der Waals surface area contributed by atoms with E-state index in [9.17, 15) is 22.0 Å². The number of nitrogen functional groups attached to an aromatic ring is 1. The lowest BCUT2D eigenvalue weighted by atomic mass is 10.1. The average molecular weight is 288 g/mol. The predicted molar refractivity (Wildman–Crippen MR) is 65.5 cm³/mol. The lowest BCUT2D eigenvalue weighted by molar-refractivity contribution is -0.136. The van der Waals surface area contributed by atoms with Gasteiger partial charge in [-0.05, 0) is 30.3 Å². The van der Waals surface area contributed by atoms with Crippen molar-refractivity contribution in [2.24, 2.45) is 0 Å². The molecule has 106 valence electrons. The molecular formula is C13H9F5N2. The third-order valence-electron chi connectivity index (χ3n) is 2.57. The Hall–Kier alpha value is -2.31. The van der Waals surface area contributed by atoms with Gasteiger partial charge in [-0.25, -0.2) is 8.78 Å². The van der Waals surface area contributed by atoms with Crippen molar-refractivity contribution >= 4 is 17.1 Å². The molecule has 3 N–H and O–H groups in total. The van der Waals surface area contributed by atoms with Crippen LogP contribution in [0.25, 0.3) is 0 Å². The molecule has 0 radical (unpaired) electrons. The third-order valence-corrected chi connectivity index (χ3v) is 2.57. The zero-order valence-electron chi connectivity index (χ0n) is 9.93. The van der Waals surface area contributed by atoms with Crippen molar-refractivity contribution in [3.05, 3.63) is 53.6 Å². The van der Waals surface area contributed by atoms with E-state index in [4.69, 9.17) is 5.73 Å². The van der Waals surface area contributed by atoms with Gasteiger partial charge in [0.25, 0.3) is 0 Å². The summed E-state index contributed by atoms with van der Waals surface area (Å²) in [6, 6.07) is 5.65. The number of alkyl halides is 3. The number of hydrogen-bond donors (Lipinski definition) is 2. The summed E-state index contributed by atoms with van der Waals surface area (Å²) >= 11 is 0. The lowest BCUT2D eigenvalue weighted by Gasteiger charge is -2.13. The van der Waals surface area contributed by atoms with Gasteiger partial charge in [-0.15, -0.1) is 0 Å². The number of nitrogens with one attached hydrogen (secondary N) is 1. The monoisotopic (exact) mass is 288 g/mol. The molecule has 0 heterocycles. The van der Waals surface area contributed by atoms with E-state index in [0.29, 0.717) is 0 Å². The van der Waals surface area contributed by atoms with Gasteiger partial charge in [0.2, 0.25) is 0 Å². The van der Waals surface area contributed by atoms with E-state index in [1.165, 1.54) is 6.07 Å². The van der Waals surface area contributed by atoms with Crippen LogP contribution in [0, 0.1) is 11.6 Å². The molecule has 0 aliphatic heterocycles. The number of nitrogens with two attached hydrogens (primary N) is 1. The van der Waals surface area contributed by atoms with Crippen molar-refractivity contribution in [1.82, 2.24) is 0 Å². The first-order valence-corrected chi connectivity index (χ1v) is 5.46. The van der Waals surface area contributed by atoms with Crippen molar-refractivity contribution in [2.45, 2.75) is 6.18 Å². The van der Waals surface area contributed by atoms with Crippen LogP contribution in [0.5, 0.6) is 0 Å². The van der Waals surface area contributed by atoms with Gasteiger partial charge in [-0.3, -0.25) is 0 Å². The van der Waals surface area contributed by atoms with E-state index in [0.717, 1.165) is 30.3 Å². The zero-order chi connectivity index (χ0) is 14.9. The predicted octanol–water partition coefficient (Wildman–Crippen LogP) is 4.31. The zero-order valence-corrected chi connectivity index (χ0v) is 9.93. The molecule has 2 aromatic rings. The highest BCUT2D eigenvalue weighted by molar-refractivity contribution is 5.65. The third kappa shape index (κ3) is 2.98. The Kier molecular flexibility index (Phi) is 3.52. The molecule has 20 heavy (non-hydrogen) atoms. The van der Waals surface area contributed by atoms with Crippen LogP contribution >= 0.6 is 0 Å². The Bertz CT molecular complexity index is 637. The van der Waals surface area contributed by atoms with Gasteiger partial charge in [0.15, 0.2) is 0 Å². The largest absolute Gasteiger partial charge is 0.418 e. The molecule has 0 aliphatic carbocycles. The number of benzene rings is 2. The van der Waals surface area contributed by atoms with Gasteiger partial charge in [-0.1, -0.05) is 0 Å². The van der Waals surface area contributed by atoms with Crippen LogP contribution in [0.3, 0.4) is 0 Å². The second kappa shape index (κ2) is 4.99. The average Bonchev–Trinajstić information content (AvgIpc) is 2.35. The molecule has 0 saturated carbocycles. The van der Waals surface area contributed by atoms with Crippen molar-refractivity contribution in [3.8, 4) is 0 Å². The fraction of sp³-hybridized carbons (Fsp3) is 0.0769. The van der Waals surface area contributed by atoms with Gasteiger partial charge in [0, 0.05) is 17.4 Å². The summed E-state index contributed by atoms with van der Waals surface area (Å²) in [5, 5.41) is 2.38. The highest BCUT2D eigenvalue weighted by atomic mass is 19.4. The maximum atomic E-state index is 13.4. The highest BCUT2D eigenvalue weighted by Gasteiger charge is 2.33. The molecule has 0 bridgehead atoms. The topological polar surface area (TPSA) is 38.0 Å². The van der Waals surface area contributed by atoms with Gasteiger partial charge in [-0.2, -0.15) is 13.2 Å². The fourth-order valence-corrected chi connectivity index (χ4v) is 1.63. The van der Waals surface area contributed by atoms with Crippen LogP contribution in [0.15, 0.2) is 36.4 Å². The minimum atomic E-state index is -4.62. The molecule has 0 aromatic heterocycles. The molecule has 0 spiro atoms. The maximum Gasteiger partial charge on any atom is 0.418 e. The molecular weight excluding hydrogens is 279 g/mol. The molecule has 7 heteroatoms. The van der Waals surface area contributed by atoms with Crippen LogP contribution in [-0.2, 0) is 6.18 Å². The number of rotatable bonds is 2. The van der Waals surface area contributed by atoms with Gasteiger partial charge in [0.05, 0.1) is 11.3 Å². The van der Waals surface area contributed by atoms with Crippen molar-refractivity contribution < 1.29 is 22.0 Å². The second-order valence-electron chi connectivity index (χ2n) is 4.05.